The van der Waals surface area contributed by atoms with E-state index >= 15 is 0 Å². The fourth-order valence-electron chi connectivity index (χ4n) is 0.941. The molecule has 1 aromatic carbocycles. The van der Waals surface area contributed by atoms with E-state index in [1.54, 1.807) is 18.9 Å². The van der Waals surface area contributed by atoms with Crippen molar-refractivity contribution in [3.8, 4) is 5.75 Å². The minimum absolute atomic E-state index is 0.120. The van der Waals surface area contributed by atoms with Crippen LogP contribution in [0.4, 0.5) is 0 Å². The Bertz CT molecular complexity index is 276. The van der Waals surface area contributed by atoms with Crippen LogP contribution in [0.25, 0.3) is 0 Å². The molecule has 0 aromatic heterocycles. The summed E-state index contributed by atoms with van der Waals surface area (Å²) in [5, 5.41) is 0. The molecule has 0 unspecified atom stereocenters. The van der Waals surface area contributed by atoms with Gasteiger partial charge < -0.3 is 10.5 Å². The summed E-state index contributed by atoms with van der Waals surface area (Å²) in [6.07, 6.45) is 0. The minimum Gasteiger partial charge on any atom is -0.497 e. The van der Waals surface area contributed by atoms with E-state index < -0.39 is 0 Å². The first-order valence-corrected chi connectivity index (χ1v) is 5.55. The lowest BCUT2D eigenvalue weighted by atomic mass is 10.1. The van der Waals surface area contributed by atoms with E-state index in [1.807, 2.05) is 26.0 Å². The standard InChI is InChI=1S/C11H17NOS/c1-11(2,12)8-14-10-6-4-9(13-3)5-7-10/h4-7H,8,12H2,1-3H3. The molecule has 1 aromatic rings. The quantitative estimate of drug-likeness (QED) is 0.777. The highest BCUT2D eigenvalue weighted by atomic mass is 32.2. The molecule has 3 heteroatoms. The molecule has 0 spiro atoms. The number of rotatable bonds is 4. The summed E-state index contributed by atoms with van der Waals surface area (Å²) < 4.78 is 5.08. The lowest BCUT2D eigenvalue weighted by Crippen LogP contribution is -2.34. The van der Waals surface area contributed by atoms with Gasteiger partial charge in [-0.15, -0.1) is 11.8 Å². The number of nitrogens with two attached hydrogens (primary N) is 1. The molecule has 0 bridgehead atoms. The fourth-order valence-corrected chi connectivity index (χ4v) is 1.81. The van der Waals surface area contributed by atoms with Gasteiger partial charge in [0.15, 0.2) is 0 Å². The van der Waals surface area contributed by atoms with Crippen molar-refractivity contribution in [3.63, 3.8) is 0 Å². The Balaban J connectivity index is 2.52. The van der Waals surface area contributed by atoms with Gasteiger partial charge in [-0.2, -0.15) is 0 Å². The van der Waals surface area contributed by atoms with Crippen LogP contribution in [0, 0.1) is 0 Å². The Hall–Kier alpha value is -0.670. The van der Waals surface area contributed by atoms with Crippen molar-refractivity contribution in [2.75, 3.05) is 12.9 Å². The fraction of sp³-hybridized carbons (Fsp3) is 0.455. The van der Waals surface area contributed by atoms with Crippen molar-refractivity contribution in [2.24, 2.45) is 5.73 Å². The molecule has 14 heavy (non-hydrogen) atoms. The first-order chi connectivity index (χ1) is 6.51. The molecule has 1 rings (SSSR count). The van der Waals surface area contributed by atoms with Crippen LogP contribution >= 0.6 is 11.8 Å². The van der Waals surface area contributed by atoms with Gasteiger partial charge in [-0.25, -0.2) is 0 Å². The van der Waals surface area contributed by atoms with Crippen LogP contribution in [0.1, 0.15) is 13.8 Å². The molecule has 0 fully saturated rings. The Morgan fingerprint density at radius 1 is 1.29 bits per heavy atom. The van der Waals surface area contributed by atoms with Gasteiger partial charge in [0, 0.05) is 16.2 Å². The maximum absolute atomic E-state index is 5.89. The van der Waals surface area contributed by atoms with Gasteiger partial charge in [-0.05, 0) is 38.1 Å². The second kappa shape index (κ2) is 4.71. The SMILES string of the molecule is COc1ccc(SCC(C)(C)N)cc1. The molecular weight excluding hydrogens is 194 g/mol. The summed E-state index contributed by atoms with van der Waals surface area (Å²) in [6.45, 7) is 4.06. The van der Waals surface area contributed by atoms with Gasteiger partial charge in [-0.1, -0.05) is 0 Å². The van der Waals surface area contributed by atoms with Crippen LogP contribution in [0.2, 0.25) is 0 Å². The maximum Gasteiger partial charge on any atom is 0.118 e. The van der Waals surface area contributed by atoms with Crippen molar-refractivity contribution < 1.29 is 4.74 Å². The van der Waals surface area contributed by atoms with Crippen LogP contribution < -0.4 is 10.5 Å². The van der Waals surface area contributed by atoms with Gasteiger partial charge in [-0.3, -0.25) is 0 Å². The third-order valence-electron chi connectivity index (χ3n) is 1.67. The first-order valence-electron chi connectivity index (χ1n) is 4.57. The van der Waals surface area contributed by atoms with Crippen LogP contribution in [-0.4, -0.2) is 18.4 Å². The number of hydrogen-bond donors (Lipinski definition) is 1. The van der Waals surface area contributed by atoms with E-state index in [2.05, 4.69) is 12.1 Å². The molecule has 2 N–H and O–H groups in total. The lowest BCUT2D eigenvalue weighted by Gasteiger charge is -2.17. The Kier molecular flexibility index (Phi) is 3.84. The minimum atomic E-state index is -0.120. The summed E-state index contributed by atoms with van der Waals surface area (Å²) in [6, 6.07) is 8.03. The largest absolute Gasteiger partial charge is 0.497 e. The van der Waals surface area contributed by atoms with Gasteiger partial charge in [0.05, 0.1) is 7.11 Å². The van der Waals surface area contributed by atoms with Crippen LogP contribution in [0.15, 0.2) is 29.2 Å². The summed E-state index contributed by atoms with van der Waals surface area (Å²) in [7, 11) is 1.67. The van der Waals surface area contributed by atoms with E-state index in [-0.39, 0.29) is 5.54 Å². The summed E-state index contributed by atoms with van der Waals surface area (Å²) in [4.78, 5) is 1.23. The zero-order valence-corrected chi connectivity index (χ0v) is 9.73. The molecule has 78 valence electrons. The lowest BCUT2D eigenvalue weighted by molar-refractivity contribution is 0.414. The third kappa shape index (κ3) is 4.03. The van der Waals surface area contributed by atoms with E-state index in [1.165, 1.54) is 4.90 Å². The summed E-state index contributed by atoms with van der Waals surface area (Å²) in [5.41, 5.74) is 5.77. The number of methoxy groups -OCH3 is 1. The molecule has 2 nitrogen and oxygen atoms in total. The second-order valence-electron chi connectivity index (χ2n) is 3.95. The highest BCUT2D eigenvalue weighted by Gasteiger charge is 2.10. The van der Waals surface area contributed by atoms with Crippen molar-refractivity contribution in [1.29, 1.82) is 0 Å². The molecule has 0 heterocycles. The van der Waals surface area contributed by atoms with Gasteiger partial charge in [0.25, 0.3) is 0 Å². The zero-order chi connectivity index (χ0) is 10.6. The molecule has 0 atom stereocenters. The number of thioether (sulfide) groups is 1. The molecular formula is C11H17NOS. The van der Waals surface area contributed by atoms with E-state index in [0.717, 1.165) is 11.5 Å². The van der Waals surface area contributed by atoms with Crippen molar-refractivity contribution in [2.45, 2.75) is 24.3 Å². The average Bonchev–Trinajstić information content (AvgIpc) is 2.14. The van der Waals surface area contributed by atoms with Crippen molar-refractivity contribution >= 4 is 11.8 Å². The predicted molar refractivity (Wildman–Crippen MR) is 62.0 cm³/mol. The molecule has 0 amide bonds. The van der Waals surface area contributed by atoms with Gasteiger partial charge in [0.1, 0.15) is 5.75 Å². The highest BCUT2D eigenvalue weighted by Crippen LogP contribution is 2.23. The van der Waals surface area contributed by atoms with Crippen LogP contribution in [-0.2, 0) is 0 Å². The number of ether oxygens (including phenoxy) is 1. The zero-order valence-electron chi connectivity index (χ0n) is 8.91. The highest BCUT2D eigenvalue weighted by molar-refractivity contribution is 7.99. The first kappa shape index (κ1) is 11.4. The maximum atomic E-state index is 5.89. The topological polar surface area (TPSA) is 35.2 Å². The van der Waals surface area contributed by atoms with E-state index in [9.17, 15) is 0 Å². The Morgan fingerprint density at radius 3 is 2.29 bits per heavy atom. The van der Waals surface area contributed by atoms with Crippen LogP contribution in [0.3, 0.4) is 0 Å². The molecule has 0 saturated carbocycles. The predicted octanol–water partition coefficient (Wildman–Crippen LogP) is 2.52. The number of hydrogen-bond acceptors (Lipinski definition) is 3. The second-order valence-corrected chi connectivity index (χ2v) is 5.00. The van der Waals surface area contributed by atoms with Gasteiger partial charge in [0.2, 0.25) is 0 Å². The summed E-state index contributed by atoms with van der Waals surface area (Å²) in [5.74, 6) is 1.81. The Morgan fingerprint density at radius 2 is 1.86 bits per heavy atom. The van der Waals surface area contributed by atoms with E-state index in [0.29, 0.717) is 0 Å². The van der Waals surface area contributed by atoms with Crippen molar-refractivity contribution in [1.82, 2.24) is 0 Å². The van der Waals surface area contributed by atoms with Crippen LogP contribution in [0.5, 0.6) is 5.75 Å². The van der Waals surface area contributed by atoms with Crippen molar-refractivity contribution in [3.05, 3.63) is 24.3 Å². The molecule has 0 aliphatic heterocycles. The van der Waals surface area contributed by atoms with E-state index in [4.69, 9.17) is 10.5 Å². The molecule has 0 aliphatic carbocycles. The normalized spacial score (nSPS) is 11.4. The third-order valence-corrected chi connectivity index (χ3v) is 3.16. The average molecular weight is 211 g/mol. The van der Waals surface area contributed by atoms with Gasteiger partial charge >= 0.3 is 0 Å². The number of benzene rings is 1. The molecule has 0 aliphatic rings. The molecule has 0 radical (unpaired) electrons. The monoisotopic (exact) mass is 211 g/mol. The summed E-state index contributed by atoms with van der Waals surface area (Å²) >= 11 is 1.77. The Labute approximate surface area is 89.8 Å². The smallest absolute Gasteiger partial charge is 0.118 e. The molecule has 0 saturated heterocycles.